The molecule has 0 aliphatic rings. The first-order valence-electron chi connectivity index (χ1n) is 11.4. The molecule has 2 aromatic carbocycles. The minimum Gasteiger partial charge on any atom is -0.415 e. The molecular weight excluding hydrogens is 504 g/mol. The third-order valence-corrected chi connectivity index (χ3v) is 5.67. The average molecular weight is 524 g/mol. The molecule has 38 heavy (non-hydrogen) atoms. The van der Waals surface area contributed by atoms with Crippen molar-refractivity contribution in [3.05, 3.63) is 101 Å². The average Bonchev–Trinajstić information content (AvgIpc) is 3.58. The molecule has 0 N–H and O–H groups in total. The van der Waals surface area contributed by atoms with Gasteiger partial charge >= 0.3 is 6.43 Å². The number of rotatable bonds is 9. The predicted molar refractivity (Wildman–Crippen MR) is 127 cm³/mol. The SMILES string of the molecule is CN(Cc1ccncc1)Cc1ccc(-c2nc(Cc3c(F)cc(-c4nnc(C(F)F)o4)cc3F)no2)cc1. The van der Waals surface area contributed by atoms with Crippen molar-refractivity contribution in [2.24, 2.45) is 0 Å². The number of halogens is 4. The van der Waals surface area contributed by atoms with Crippen LogP contribution in [-0.4, -0.2) is 37.3 Å². The maximum Gasteiger partial charge on any atom is 0.314 e. The largest absolute Gasteiger partial charge is 0.415 e. The molecule has 0 saturated carbocycles. The molecule has 0 spiro atoms. The maximum atomic E-state index is 14.7. The first-order chi connectivity index (χ1) is 18.4. The molecule has 3 aromatic heterocycles. The van der Waals surface area contributed by atoms with E-state index in [1.807, 2.05) is 43.4 Å². The van der Waals surface area contributed by atoms with Crippen molar-refractivity contribution >= 4 is 0 Å². The molecule has 5 aromatic rings. The van der Waals surface area contributed by atoms with E-state index in [0.717, 1.165) is 36.3 Å². The van der Waals surface area contributed by atoms with E-state index in [2.05, 4.69) is 30.2 Å². The van der Waals surface area contributed by atoms with Crippen molar-refractivity contribution in [2.45, 2.75) is 25.9 Å². The van der Waals surface area contributed by atoms with Gasteiger partial charge in [0.2, 0.25) is 5.89 Å². The fraction of sp³-hybridized carbons (Fsp3) is 0.192. The van der Waals surface area contributed by atoms with Gasteiger partial charge in [0.05, 0.1) is 0 Å². The fourth-order valence-electron chi connectivity index (χ4n) is 3.86. The van der Waals surface area contributed by atoms with Gasteiger partial charge in [-0.1, -0.05) is 17.3 Å². The van der Waals surface area contributed by atoms with E-state index < -0.39 is 29.8 Å². The zero-order chi connectivity index (χ0) is 26.6. The lowest BCUT2D eigenvalue weighted by Crippen LogP contribution is -2.17. The van der Waals surface area contributed by atoms with Gasteiger partial charge in [-0.3, -0.25) is 9.88 Å². The van der Waals surface area contributed by atoms with Crippen LogP contribution in [0.5, 0.6) is 0 Å². The third-order valence-electron chi connectivity index (χ3n) is 5.67. The lowest BCUT2D eigenvalue weighted by molar-refractivity contribution is 0.116. The number of hydrogen-bond acceptors (Lipinski definition) is 8. The van der Waals surface area contributed by atoms with Crippen LogP contribution in [0.15, 0.2) is 69.9 Å². The van der Waals surface area contributed by atoms with E-state index in [1.54, 1.807) is 12.4 Å². The predicted octanol–water partition coefficient (Wildman–Crippen LogP) is 5.62. The lowest BCUT2D eigenvalue weighted by Gasteiger charge is -2.16. The first kappa shape index (κ1) is 25.2. The molecule has 3 heterocycles. The Hall–Kier alpha value is -4.45. The van der Waals surface area contributed by atoms with Crippen molar-refractivity contribution in [3.63, 3.8) is 0 Å². The van der Waals surface area contributed by atoms with Crippen molar-refractivity contribution in [1.82, 2.24) is 30.2 Å². The van der Waals surface area contributed by atoms with Crippen molar-refractivity contribution in [2.75, 3.05) is 7.05 Å². The van der Waals surface area contributed by atoms with Crippen molar-refractivity contribution in [1.29, 1.82) is 0 Å². The molecule has 0 unspecified atom stereocenters. The van der Waals surface area contributed by atoms with Crippen LogP contribution in [0.25, 0.3) is 22.9 Å². The normalized spacial score (nSPS) is 11.6. The highest BCUT2D eigenvalue weighted by Gasteiger charge is 2.21. The summed E-state index contributed by atoms with van der Waals surface area (Å²) in [6, 6.07) is 13.3. The molecule has 8 nitrogen and oxygen atoms in total. The Morgan fingerprint density at radius 2 is 1.50 bits per heavy atom. The highest BCUT2D eigenvalue weighted by molar-refractivity contribution is 5.55. The van der Waals surface area contributed by atoms with Crippen LogP contribution in [0.2, 0.25) is 0 Å². The molecule has 0 aliphatic carbocycles. The number of benzene rings is 2. The minimum absolute atomic E-state index is 0.0736. The van der Waals surface area contributed by atoms with Gasteiger partial charge in [0.1, 0.15) is 11.6 Å². The zero-order valence-corrected chi connectivity index (χ0v) is 20.0. The maximum absolute atomic E-state index is 14.7. The van der Waals surface area contributed by atoms with E-state index >= 15 is 0 Å². The summed E-state index contributed by atoms with van der Waals surface area (Å²) in [5, 5.41) is 10.4. The van der Waals surface area contributed by atoms with Gasteiger partial charge in [-0.25, -0.2) is 8.78 Å². The second-order valence-electron chi connectivity index (χ2n) is 8.58. The lowest BCUT2D eigenvalue weighted by atomic mass is 10.1. The summed E-state index contributed by atoms with van der Waals surface area (Å²) < 4.78 is 64.8. The van der Waals surface area contributed by atoms with Crippen LogP contribution in [0.4, 0.5) is 17.6 Å². The molecule has 5 rings (SSSR count). The van der Waals surface area contributed by atoms with Crippen molar-refractivity contribution in [3.8, 4) is 22.9 Å². The van der Waals surface area contributed by atoms with Gasteiger partial charge in [0.25, 0.3) is 11.8 Å². The summed E-state index contributed by atoms with van der Waals surface area (Å²) in [6.45, 7) is 1.50. The summed E-state index contributed by atoms with van der Waals surface area (Å²) in [5.74, 6) is -2.96. The zero-order valence-electron chi connectivity index (χ0n) is 20.0. The van der Waals surface area contributed by atoms with Crippen LogP contribution in [0.3, 0.4) is 0 Å². The summed E-state index contributed by atoms with van der Waals surface area (Å²) in [7, 11) is 2.02. The molecule has 0 atom stereocenters. The Balaban J connectivity index is 1.25. The number of nitrogens with zero attached hydrogens (tertiary/aromatic N) is 6. The topological polar surface area (TPSA) is 94.0 Å². The summed E-state index contributed by atoms with van der Waals surface area (Å²) in [6.07, 6.45) is 0.244. The van der Waals surface area contributed by atoms with E-state index in [9.17, 15) is 17.6 Å². The minimum atomic E-state index is -2.99. The molecule has 0 radical (unpaired) electrons. The molecular formula is C26H20F4N6O2. The van der Waals surface area contributed by atoms with Crippen LogP contribution in [-0.2, 0) is 19.5 Å². The molecule has 0 bridgehead atoms. The van der Waals surface area contributed by atoms with Gasteiger partial charge in [0.15, 0.2) is 5.82 Å². The standard InChI is InChI=1S/C26H20F4N6O2/c1-36(14-16-6-8-31-9-7-16)13-15-2-4-17(5-3-15)24-32-22(35-38-24)12-19-20(27)10-18(11-21(19)28)25-33-34-26(37-25)23(29)30/h2-11,23H,12-14H2,1H3. The van der Waals surface area contributed by atoms with E-state index in [4.69, 9.17) is 8.94 Å². The molecule has 0 aliphatic heterocycles. The smallest absolute Gasteiger partial charge is 0.314 e. The molecule has 194 valence electrons. The van der Waals surface area contributed by atoms with Crippen molar-refractivity contribution < 1.29 is 26.5 Å². The highest BCUT2D eigenvalue weighted by Crippen LogP contribution is 2.28. The number of alkyl halides is 2. The molecule has 12 heteroatoms. The van der Waals surface area contributed by atoms with E-state index in [1.165, 1.54) is 0 Å². The van der Waals surface area contributed by atoms with Gasteiger partial charge in [-0.2, -0.15) is 13.8 Å². The Morgan fingerprint density at radius 3 is 2.13 bits per heavy atom. The number of aromatic nitrogens is 5. The van der Waals surface area contributed by atoms with Crippen LogP contribution in [0, 0.1) is 11.6 Å². The summed E-state index contributed by atoms with van der Waals surface area (Å²) >= 11 is 0. The Bertz CT molecular complexity index is 1500. The third kappa shape index (κ3) is 5.75. The number of pyridine rings is 1. The second-order valence-corrected chi connectivity index (χ2v) is 8.58. The van der Waals surface area contributed by atoms with Crippen LogP contribution >= 0.6 is 0 Å². The van der Waals surface area contributed by atoms with Gasteiger partial charge in [-0.05, 0) is 54.6 Å². The molecule has 0 saturated heterocycles. The second kappa shape index (κ2) is 10.9. The van der Waals surface area contributed by atoms with Gasteiger partial charge in [0, 0.05) is 48.6 Å². The monoisotopic (exact) mass is 524 g/mol. The fourth-order valence-corrected chi connectivity index (χ4v) is 3.86. The Kier molecular flexibility index (Phi) is 7.22. The first-order valence-corrected chi connectivity index (χ1v) is 11.4. The highest BCUT2D eigenvalue weighted by atomic mass is 19.3. The Labute approximate surface area is 214 Å². The van der Waals surface area contributed by atoms with Crippen LogP contribution in [0.1, 0.15) is 34.8 Å². The quantitative estimate of drug-likeness (QED) is 0.229. The van der Waals surface area contributed by atoms with Crippen LogP contribution < -0.4 is 0 Å². The molecule has 0 fully saturated rings. The summed E-state index contributed by atoms with van der Waals surface area (Å²) in [4.78, 5) is 10.4. The Morgan fingerprint density at radius 1 is 0.842 bits per heavy atom. The molecule has 0 amide bonds. The van der Waals surface area contributed by atoms with Gasteiger partial charge < -0.3 is 8.94 Å². The van der Waals surface area contributed by atoms with E-state index in [0.29, 0.717) is 5.56 Å². The van der Waals surface area contributed by atoms with Gasteiger partial charge in [-0.15, -0.1) is 10.2 Å². The summed E-state index contributed by atoms with van der Waals surface area (Å²) in [5.41, 5.74) is 2.42. The number of hydrogen-bond donors (Lipinski definition) is 0. The van der Waals surface area contributed by atoms with E-state index in [-0.39, 0.29) is 29.3 Å².